The van der Waals surface area contributed by atoms with Gasteiger partial charge in [-0.2, -0.15) is 0 Å². The maximum atomic E-state index is 13.5. The predicted molar refractivity (Wildman–Crippen MR) is 136 cm³/mol. The molecule has 5 rings (SSSR count). The van der Waals surface area contributed by atoms with Crippen molar-refractivity contribution < 1.29 is 13.9 Å². The molecular weight excluding hydrogens is 514 g/mol. The number of aromatic nitrogens is 4. The van der Waals surface area contributed by atoms with Gasteiger partial charge in [0.2, 0.25) is 0 Å². The second-order valence-electron chi connectivity index (χ2n) is 8.22. The molecule has 4 aromatic heterocycles. The molecule has 184 valence electrons. The molecule has 0 radical (unpaired) electrons. The lowest BCUT2D eigenvalue weighted by Gasteiger charge is -2.31. The van der Waals surface area contributed by atoms with Gasteiger partial charge in [-0.3, -0.25) is 13.9 Å². The molecule has 1 aliphatic rings. The van der Waals surface area contributed by atoms with Crippen LogP contribution in [0.2, 0.25) is 5.22 Å². The molecule has 35 heavy (non-hydrogen) atoms. The van der Waals surface area contributed by atoms with Crippen LogP contribution in [0.15, 0.2) is 31.5 Å². The number of hydrogen-bond acceptors (Lipinski definition) is 8. The van der Waals surface area contributed by atoms with Gasteiger partial charge in [0.05, 0.1) is 29.4 Å². The summed E-state index contributed by atoms with van der Waals surface area (Å²) < 4.78 is 15.2. The lowest BCUT2D eigenvalue weighted by atomic mass is 10.2. The van der Waals surface area contributed by atoms with Gasteiger partial charge < -0.3 is 19.0 Å². The van der Waals surface area contributed by atoms with Crippen molar-refractivity contribution in [3.8, 4) is 10.7 Å². The number of methoxy groups -OCH3 is 1. The van der Waals surface area contributed by atoms with Gasteiger partial charge in [-0.1, -0.05) is 0 Å². The number of nitrogens with one attached hydrogen (secondary N) is 1. The third-order valence-corrected chi connectivity index (χ3v) is 8.60. The fourth-order valence-corrected chi connectivity index (χ4v) is 6.87. The molecule has 2 atom stereocenters. The van der Waals surface area contributed by atoms with Gasteiger partial charge in [-0.25, -0.2) is 14.6 Å². The lowest BCUT2D eigenvalue weighted by molar-refractivity contribution is 0.171. The van der Waals surface area contributed by atoms with E-state index in [1.165, 1.54) is 30.1 Å². The fraction of sp³-hybridized carbons (Fsp3) is 0.364. The van der Waals surface area contributed by atoms with Crippen LogP contribution in [0.1, 0.15) is 22.4 Å². The zero-order chi connectivity index (χ0) is 25.0. The number of thiazole rings is 1. The molecular formula is C22H22ClN5O5S2. The van der Waals surface area contributed by atoms with Gasteiger partial charge in [-0.15, -0.1) is 23.1 Å². The van der Waals surface area contributed by atoms with Crippen molar-refractivity contribution >= 4 is 51.7 Å². The van der Waals surface area contributed by atoms with E-state index in [-0.39, 0.29) is 10.5 Å². The van der Waals surface area contributed by atoms with Crippen molar-refractivity contribution in [2.75, 3.05) is 13.7 Å². The summed E-state index contributed by atoms with van der Waals surface area (Å²) in [6.07, 6.45) is -0.529. The Bertz CT molecular complexity index is 1580. The third-order valence-electron chi connectivity index (χ3n) is 6.00. The van der Waals surface area contributed by atoms with Crippen LogP contribution in [-0.2, 0) is 25.4 Å². The van der Waals surface area contributed by atoms with Crippen molar-refractivity contribution in [3.05, 3.63) is 60.7 Å². The second-order valence-corrected chi connectivity index (χ2v) is 10.9. The van der Waals surface area contributed by atoms with Crippen LogP contribution < -0.4 is 16.6 Å². The van der Waals surface area contributed by atoms with Gasteiger partial charge in [0.1, 0.15) is 16.0 Å². The summed E-state index contributed by atoms with van der Waals surface area (Å²) in [5.74, 6) is 0.582. The molecule has 0 bridgehead atoms. The average Bonchev–Trinajstić information content (AvgIpc) is 3.55. The third kappa shape index (κ3) is 3.89. The van der Waals surface area contributed by atoms with Crippen molar-refractivity contribution in [1.29, 1.82) is 0 Å². The number of furan rings is 1. The van der Waals surface area contributed by atoms with E-state index >= 15 is 0 Å². The minimum Gasteiger partial charge on any atom is -0.453 e. The maximum absolute atomic E-state index is 13.5. The highest BCUT2D eigenvalue weighted by molar-refractivity contribution is 8.00. The summed E-state index contributed by atoms with van der Waals surface area (Å²) in [6.45, 7) is 2.68. The average molecular weight is 536 g/mol. The van der Waals surface area contributed by atoms with E-state index in [4.69, 9.17) is 20.8 Å². The molecule has 1 amide bonds. The molecule has 0 fully saturated rings. The molecule has 0 aromatic carbocycles. The fourth-order valence-electron chi connectivity index (χ4n) is 4.44. The van der Waals surface area contributed by atoms with Crippen LogP contribution in [-0.4, -0.2) is 43.7 Å². The van der Waals surface area contributed by atoms with Gasteiger partial charge in [0.25, 0.3) is 5.56 Å². The molecule has 13 heteroatoms. The summed E-state index contributed by atoms with van der Waals surface area (Å²) in [7, 11) is 4.44. The number of aryl methyl sites for hydroxylation is 2. The molecule has 0 aliphatic carbocycles. The van der Waals surface area contributed by atoms with E-state index in [2.05, 4.69) is 10.3 Å². The number of ether oxygens (including phenoxy) is 1. The summed E-state index contributed by atoms with van der Waals surface area (Å²) >= 11 is 9.11. The number of carbonyl (C=O) groups excluding carboxylic acids is 1. The summed E-state index contributed by atoms with van der Waals surface area (Å²) in [6, 6.07) is 3.44. The van der Waals surface area contributed by atoms with E-state index in [9.17, 15) is 14.4 Å². The topological polar surface area (TPSA) is 113 Å². The van der Waals surface area contributed by atoms with E-state index < -0.39 is 22.6 Å². The SMILES string of the molecule is COC(=O)NC[C@H]1Cn2c(-c3nc(C)cs3)c3c(=O)n(C)c(=O)n(C)c3c2[C@H](c2ccc(Cl)o2)S1. The zero-order valence-electron chi connectivity index (χ0n) is 19.3. The summed E-state index contributed by atoms with van der Waals surface area (Å²) in [5.41, 5.74) is 1.96. The first kappa shape index (κ1) is 23.8. The molecule has 0 saturated carbocycles. The zero-order valence-corrected chi connectivity index (χ0v) is 21.7. The van der Waals surface area contributed by atoms with Crippen molar-refractivity contribution in [2.24, 2.45) is 14.1 Å². The largest absolute Gasteiger partial charge is 0.453 e. The Morgan fingerprint density at radius 2 is 2.09 bits per heavy atom. The number of nitrogens with zero attached hydrogens (tertiary/aromatic N) is 4. The van der Waals surface area contributed by atoms with Crippen molar-refractivity contribution in [2.45, 2.75) is 24.0 Å². The van der Waals surface area contributed by atoms with E-state index in [1.54, 1.807) is 30.9 Å². The van der Waals surface area contributed by atoms with Crippen LogP contribution >= 0.6 is 34.7 Å². The number of fused-ring (bicyclic) bond motifs is 3. The number of hydrogen-bond donors (Lipinski definition) is 1. The maximum Gasteiger partial charge on any atom is 0.406 e. The van der Waals surface area contributed by atoms with Crippen LogP contribution in [0, 0.1) is 6.92 Å². The summed E-state index contributed by atoms with van der Waals surface area (Å²) in [5, 5.41) is 5.52. The van der Waals surface area contributed by atoms with Gasteiger partial charge >= 0.3 is 11.8 Å². The van der Waals surface area contributed by atoms with Crippen LogP contribution in [0.25, 0.3) is 21.6 Å². The highest BCUT2D eigenvalue weighted by atomic mass is 35.5. The molecule has 1 N–H and O–H groups in total. The Labute approximate surface area is 212 Å². The van der Waals surface area contributed by atoms with Crippen LogP contribution in [0.5, 0.6) is 0 Å². The lowest BCUT2D eigenvalue weighted by Crippen LogP contribution is -2.37. The molecule has 4 aromatic rings. The monoisotopic (exact) mass is 535 g/mol. The van der Waals surface area contributed by atoms with Gasteiger partial charge in [0, 0.05) is 43.5 Å². The number of amides is 1. The van der Waals surface area contributed by atoms with Crippen molar-refractivity contribution in [1.82, 2.24) is 24.0 Å². The normalized spacial score (nSPS) is 17.5. The standard InChI is InChI=1S/C22H22ClN5O5S2/c1-10-9-34-19(25-10)16-14-15(26(2)22(31)27(3)20(14)29)17-18(12-5-6-13(23)33-12)35-11(8-28(16)17)7-24-21(30)32-4/h5-6,9,11,18H,7-8H2,1-4H3,(H,24,30)/t11-,18-/m0/s1. The Morgan fingerprint density at radius 1 is 1.31 bits per heavy atom. The molecule has 10 nitrogen and oxygen atoms in total. The van der Waals surface area contributed by atoms with E-state index in [0.29, 0.717) is 40.5 Å². The highest BCUT2D eigenvalue weighted by Crippen LogP contribution is 2.49. The number of alkyl carbamates (subject to hydrolysis) is 1. The van der Waals surface area contributed by atoms with Crippen LogP contribution in [0.4, 0.5) is 4.79 Å². The van der Waals surface area contributed by atoms with Crippen LogP contribution in [0.3, 0.4) is 0 Å². The molecule has 0 spiro atoms. The molecule has 0 saturated heterocycles. The molecule has 0 unspecified atom stereocenters. The van der Waals surface area contributed by atoms with Crippen molar-refractivity contribution in [3.63, 3.8) is 0 Å². The Hall–Kier alpha value is -2.96. The number of halogens is 1. The highest BCUT2D eigenvalue weighted by Gasteiger charge is 2.38. The van der Waals surface area contributed by atoms with Gasteiger partial charge in [-0.05, 0) is 30.7 Å². The Kier molecular flexibility index (Phi) is 6.06. The van der Waals surface area contributed by atoms with Gasteiger partial charge in [0.15, 0.2) is 5.22 Å². The Morgan fingerprint density at radius 3 is 2.71 bits per heavy atom. The minimum absolute atomic E-state index is 0.0991. The smallest absolute Gasteiger partial charge is 0.406 e. The first-order valence-corrected chi connectivity index (χ1v) is 12.9. The quantitative estimate of drug-likeness (QED) is 0.426. The first-order chi connectivity index (χ1) is 16.7. The number of carbonyl (C=O) groups is 1. The molecule has 5 heterocycles. The number of thioether (sulfide) groups is 1. The predicted octanol–water partition coefficient (Wildman–Crippen LogP) is 3.28. The first-order valence-electron chi connectivity index (χ1n) is 10.7. The van der Waals surface area contributed by atoms with E-state index in [1.807, 2.05) is 16.9 Å². The Balaban J connectivity index is 1.83. The number of rotatable bonds is 4. The summed E-state index contributed by atoms with van der Waals surface area (Å²) in [4.78, 5) is 42.9. The second kappa shape index (κ2) is 8.92. The molecule has 1 aliphatic heterocycles. The van der Waals surface area contributed by atoms with E-state index in [0.717, 1.165) is 16.0 Å². The minimum atomic E-state index is -0.529.